The van der Waals surface area contributed by atoms with Gasteiger partial charge >= 0.3 is 0 Å². The number of hydrogen-bond donors (Lipinski definition) is 1. The molecule has 1 rings (SSSR count). The van der Waals surface area contributed by atoms with Crippen LogP contribution in [0.15, 0.2) is 18.2 Å². The van der Waals surface area contributed by atoms with Crippen molar-refractivity contribution in [2.75, 3.05) is 31.6 Å². The Balaban J connectivity index is 2.90. The lowest BCUT2D eigenvalue weighted by atomic mass is 10.1. The van der Waals surface area contributed by atoms with Gasteiger partial charge in [0.2, 0.25) is 5.91 Å². The molecule has 116 valence electrons. The van der Waals surface area contributed by atoms with Gasteiger partial charge in [0.25, 0.3) is 5.69 Å². The molecule has 0 spiro atoms. The molecule has 21 heavy (non-hydrogen) atoms. The zero-order valence-electron chi connectivity index (χ0n) is 12.6. The average molecular weight is 295 g/mol. The van der Waals surface area contributed by atoms with E-state index in [1.165, 1.54) is 12.1 Å². The van der Waals surface area contributed by atoms with E-state index in [0.717, 1.165) is 0 Å². The fourth-order valence-corrected chi connectivity index (χ4v) is 2.08. The molecule has 0 unspecified atom stereocenters. The van der Waals surface area contributed by atoms with E-state index in [9.17, 15) is 20.0 Å². The van der Waals surface area contributed by atoms with Crippen molar-refractivity contribution in [2.24, 2.45) is 0 Å². The molecule has 7 heteroatoms. The van der Waals surface area contributed by atoms with Crippen molar-refractivity contribution in [1.82, 2.24) is 4.90 Å². The lowest BCUT2D eigenvalue weighted by molar-refractivity contribution is -0.385. The predicted octanol–water partition coefficient (Wildman–Crippen LogP) is 1.39. The molecule has 0 aliphatic heterocycles. The van der Waals surface area contributed by atoms with Gasteiger partial charge in [-0.2, -0.15) is 0 Å². The van der Waals surface area contributed by atoms with Crippen LogP contribution in [0, 0.1) is 10.1 Å². The first-order valence-electron chi connectivity index (χ1n) is 6.81. The minimum atomic E-state index is -0.531. The quantitative estimate of drug-likeness (QED) is 0.607. The van der Waals surface area contributed by atoms with Crippen LogP contribution in [0.1, 0.15) is 19.4 Å². The second-order valence-electron chi connectivity index (χ2n) is 4.65. The van der Waals surface area contributed by atoms with Gasteiger partial charge in [-0.25, -0.2) is 0 Å². The number of nitro groups is 1. The van der Waals surface area contributed by atoms with Crippen molar-refractivity contribution in [3.63, 3.8) is 0 Å². The highest BCUT2D eigenvalue weighted by Gasteiger charge is 2.17. The molecule has 0 aliphatic carbocycles. The van der Waals surface area contributed by atoms with Crippen LogP contribution in [0.5, 0.6) is 0 Å². The Hall–Kier alpha value is -2.15. The minimum Gasteiger partial charge on any atom is -0.391 e. The minimum absolute atomic E-state index is 0.00796. The number of hydrogen-bond acceptors (Lipinski definition) is 5. The Morgan fingerprint density at radius 3 is 2.43 bits per heavy atom. The number of rotatable bonds is 7. The molecule has 0 fully saturated rings. The van der Waals surface area contributed by atoms with E-state index >= 15 is 0 Å². The van der Waals surface area contributed by atoms with Crippen molar-refractivity contribution in [2.45, 2.75) is 20.5 Å². The first-order chi connectivity index (χ1) is 9.94. The highest BCUT2D eigenvalue weighted by Crippen LogP contribution is 2.24. The summed E-state index contributed by atoms with van der Waals surface area (Å²) in [6.07, 6.45) is 0. The maximum absolute atomic E-state index is 12.0. The number of anilines is 1. The number of nitrogens with zero attached hydrogens (tertiary/aromatic N) is 3. The van der Waals surface area contributed by atoms with Crippen LogP contribution in [-0.4, -0.2) is 47.5 Å². The first-order valence-corrected chi connectivity index (χ1v) is 6.81. The Kier molecular flexibility index (Phi) is 6.10. The summed E-state index contributed by atoms with van der Waals surface area (Å²) in [4.78, 5) is 25.8. The van der Waals surface area contributed by atoms with Crippen molar-refractivity contribution in [1.29, 1.82) is 0 Å². The fraction of sp³-hybridized carbons (Fsp3) is 0.500. The van der Waals surface area contributed by atoms with E-state index in [1.54, 1.807) is 22.9 Å². The number of aliphatic hydroxyl groups is 1. The summed E-state index contributed by atoms with van der Waals surface area (Å²) >= 11 is 0. The number of benzene rings is 1. The predicted molar refractivity (Wildman–Crippen MR) is 80.2 cm³/mol. The Morgan fingerprint density at radius 2 is 1.95 bits per heavy atom. The van der Waals surface area contributed by atoms with E-state index in [-0.39, 0.29) is 23.7 Å². The highest BCUT2D eigenvalue weighted by molar-refractivity contribution is 5.81. The molecule has 0 atom stereocenters. The average Bonchev–Trinajstić information content (AvgIpc) is 2.47. The van der Waals surface area contributed by atoms with Gasteiger partial charge in [0.05, 0.1) is 23.6 Å². The largest absolute Gasteiger partial charge is 0.391 e. The summed E-state index contributed by atoms with van der Waals surface area (Å²) < 4.78 is 0. The number of carbonyl (C=O) groups is 1. The van der Waals surface area contributed by atoms with E-state index in [0.29, 0.717) is 18.8 Å². The maximum Gasteiger partial charge on any atom is 0.275 e. The monoisotopic (exact) mass is 295 g/mol. The van der Waals surface area contributed by atoms with E-state index in [4.69, 9.17) is 0 Å². The molecule has 0 radical (unpaired) electrons. The number of carbonyl (C=O) groups excluding carboxylic acids is 1. The van der Waals surface area contributed by atoms with Crippen LogP contribution in [-0.2, 0) is 11.4 Å². The Morgan fingerprint density at radius 1 is 1.33 bits per heavy atom. The van der Waals surface area contributed by atoms with Gasteiger partial charge in [-0.1, -0.05) is 0 Å². The van der Waals surface area contributed by atoms with E-state index in [1.807, 2.05) is 13.8 Å². The van der Waals surface area contributed by atoms with E-state index in [2.05, 4.69) is 0 Å². The molecule has 0 aromatic heterocycles. The molecule has 1 aromatic rings. The van der Waals surface area contributed by atoms with Crippen LogP contribution in [0.2, 0.25) is 0 Å². The van der Waals surface area contributed by atoms with Crippen LogP contribution in [0.3, 0.4) is 0 Å². The molecule has 1 N–H and O–H groups in total. The van der Waals surface area contributed by atoms with Gasteiger partial charge in [-0.05, 0) is 26.0 Å². The van der Waals surface area contributed by atoms with Gasteiger partial charge in [-0.3, -0.25) is 14.9 Å². The zero-order valence-corrected chi connectivity index (χ0v) is 12.6. The van der Waals surface area contributed by atoms with Crippen LogP contribution in [0.25, 0.3) is 0 Å². The molecule has 0 saturated carbocycles. The number of aliphatic hydroxyl groups excluding tert-OH is 1. The fourth-order valence-electron chi connectivity index (χ4n) is 2.08. The van der Waals surface area contributed by atoms with Gasteiger partial charge in [-0.15, -0.1) is 0 Å². The summed E-state index contributed by atoms with van der Waals surface area (Å²) in [5.41, 5.74) is 0.773. The summed E-state index contributed by atoms with van der Waals surface area (Å²) in [7, 11) is 1.74. The first kappa shape index (κ1) is 16.9. The standard InChI is InChI=1S/C14H21N3O4/c1-4-16(5-2)14(19)9-15(3)12-6-7-13(17(20)21)11(8-12)10-18/h6-8,18H,4-5,9-10H2,1-3H3. The third kappa shape index (κ3) is 4.16. The molecule has 0 saturated heterocycles. The third-order valence-electron chi connectivity index (χ3n) is 3.36. The zero-order chi connectivity index (χ0) is 16.0. The molecule has 0 aliphatic rings. The molecular weight excluding hydrogens is 274 g/mol. The topological polar surface area (TPSA) is 86.9 Å². The lowest BCUT2D eigenvalue weighted by Crippen LogP contribution is -2.38. The molecule has 1 aromatic carbocycles. The molecule has 7 nitrogen and oxygen atoms in total. The van der Waals surface area contributed by atoms with Crippen LogP contribution < -0.4 is 4.90 Å². The van der Waals surface area contributed by atoms with E-state index < -0.39 is 11.5 Å². The number of nitro benzene ring substituents is 1. The highest BCUT2D eigenvalue weighted by atomic mass is 16.6. The lowest BCUT2D eigenvalue weighted by Gasteiger charge is -2.24. The molecule has 1 amide bonds. The van der Waals surface area contributed by atoms with Crippen LogP contribution >= 0.6 is 0 Å². The third-order valence-corrected chi connectivity index (χ3v) is 3.36. The Labute approximate surface area is 123 Å². The van der Waals surface area contributed by atoms with Gasteiger partial charge in [0.1, 0.15) is 0 Å². The normalized spacial score (nSPS) is 10.3. The van der Waals surface area contributed by atoms with Crippen molar-refractivity contribution in [3.8, 4) is 0 Å². The number of amides is 1. The van der Waals surface area contributed by atoms with Gasteiger partial charge in [0, 0.05) is 31.9 Å². The SMILES string of the molecule is CCN(CC)C(=O)CN(C)c1ccc([N+](=O)[O-])c(CO)c1. The smallest absolute Gasteiger partial charge is 0.275 e. The van der Waals surface area contributed by atoms with Crippen molar-refractivity contribution >= 4 is 17.3 Å². The van der Waals surface area contributed by atoms with Crippen molar-refractivity contribution in [3.05, 3.63) is 33.9 Å². The summed E-state index contributed by atoms with van der Waals surface area (Å²) in [6, 6.07) is 4.46. The Bertz CT molecular complexity index is 515. The second-order valence-corrected chi connectivity index (χ2v) is 4.65. The summed E-state index contributed by atoms with van der Waals surface area (Å²) in [6.45, 7) is 4.89. The molecular formula is C14H21N3O4. The molecule has 0 heterocycles. The maximum atomic E-state index is 12.0. The summed E-state index contributed by atoms with van der Waals surface area (Å²) in [5, 5.41) is 20.0. The van der Waals surface area contributed by atoms with Gasteiger partial charge in [0.15, 0.2) is 0 Å². The van der Waals surface area contributed by atoms with Gasteiger partial charge < -0.3 is 14.9 Å². The van der Waals surface area contributed by atoms with Crippen molar-refractivity contribution < 1.29 is 14.8 Å². The summed E-state index contributed by atoms with van der Waals surface area (Å²) in [5.74, 6) is -0.00796. The second kappa shape index (κ2) is 7.58. The van der Waals surface area contributed by atoms with Crippen LogP contribution in [0.4, 0.5) is 11.4 Å². The number of likely N-dealkylation sites (N-methyl/N-ethyl adjacent to an activating group) is 2. The molecule has 0 bridgehead atoms.